The number of methoxy groups -OCH3 is 2. The molecule has 1 aromatic carbocycles. The van der Waals surface area contributed by atoms with E-state index in [0.29, 0.717) is 23.4 Å². The highest BCUT2D eigenvalue weighted by Crippen LogP contribution is 2.37. The molecule has 0 unspecified atom stereocenters. The van der Waals surface area contributed by atoms with Gasteiger partial charge in [-0.05, 0) is 31.0 Å². The Morgan fingerprint density at radius 1 is 1.28 bits per heavy atom. The molecule has 0 saturated heterocycles. The molecule has 1 atom stereocenters. The molecule has 0 fully saturated rings. The van der Waals surface area contributed by atoms with Crippen LogP contribution in [0.4, 0.5) is 10.5 Å². The predicted molar refractivity (Wildman–Crippen MR) is 90.0 cm³/mol. The molecule has 1 aliphatic heterocycles. The van der Waals surface area contributed by atoms with E-state index >= 15 is 0 Å². The summed E-state index contributed by atoms with van der Waals surface area (Å²) >= 11 is 0. The summed E-state index contributed by atoms with van der Waals surface area (Å²) in [5, 5.41) is 2.53. The molecule has 1 aromatic rings. The summed E-state index contributed by atoms with van der Waals surface area (Å²) in [6, 6.07) is 3.35. The van der Waals surface area contributed by atoms with Gasteiger partial charge in [0, 0.05) is 13.1 Å². The van der Waals surface area contributed by atoms with Crippen LogP contribution < -0.4 is 15.0 Å². The van der Waals surface area contributed by atoms with Crippen molar-refractivity contribution in [3.8, 4) is 5.75 Å². The number of fused-ring (bicyclic) bond motifs is 1. The first-order chi connectivity index (χ1) is 11.9. The van der Waals surface area contributed by atoms with E-state index < -0.39 is 18.2 Å². The van der Waals surface area contributed by atoms with Crippen molar-refractivity contribution in [2.45, 2.75) is 26.4 Å². The van der Waals surface area contributed by atoms with Crippen molar-refractivity contribution >= 4 is 23.7 Å². The molecular formula is C17H22N2O6. The molecule has 0 saturated carbocycles. The Labute approximate surface area is 146 Å². The number of hydrogen-bond donors (Lipinski definition) is 1. The van der Waals surface area contributed by atoms with Crippen molar-refractivity contribution in [3.05, 3.63) is 23.3 Å². The Bertz CT molecular complexity index is 688. The molecule has 2 amide bonds. The van der Waals surface area contributed by atoms with Gasteiger partial charge < -0.3 is 24.4 Å². The Morgan fingerprint density at radius 3 is 2.60 bits per heavy atom. The monoisotopic (exact) mass is 350 g/mol. The van der Waals surface area contributed by atoms with Crippen LogP contribution in [0.3, 0.4) is 0 Å². The van der Waals surface area contributed by atoms with Crippen LogP contribution in [-0.2, 0) is 20.7 Å². The number of alkyl carbamates (subject to hydrolysis) is 1. The highest BCUT2D eigenvalue weighted by Gasteiger charge is 2.33. The first-order valence-corrected chi connectivity index (χ1v) is 7.98. The van der Waals surface area contributed by atoms with Gasteiger partial charge in [-0.25, -0.2) is 9.59 Å². The average molecular weight is 350 g/mol. The molecular weight excluding hydrogens is 328 g/mol. The average Bonchev–Trinajstić information content (AvgIpc) is 2.62. The first kappa shape index (κ1) is 18.6. The Kier molecular flexibility index (Phi) is 5.84. The SMILES string of the molecule is CCc1cc2c(cc1C(=O)OC)N(CCNC(=O)OC)C(=O)[C@@H](C)O2. The zero-order valence-electron chi connectivity index (χ0n) is 14.8. The van der Waals surface area contributed by atoms with Crippen molar-refractivity contribution in [3.63, 3.8) is 0 Å². The molecule has 0 radical (unpaired) electrons. The Hall–Kier alpha value is -2.77. The van der Waals surface area contributed by atoms with Gasteiger partial charge in [0.05, 0.1) is 25.5 Å². The van der Waals surface area contributed by atoms with Crippen molar-refractivity contribution in [2.24, 2.45) is 0 Å². The number of ether oxygens (including phenoxy) is 3. The number of amides is 2. The lowest BCUT2D eigenvalue weighted by atomic mass is 10.0. The highest BCUT2D eigenvalue weighted by molar-refractivity contribution is 6.02. The fourth-order valence-electron chi connectivity index (χ4n) is 2.66. The second-order valence-corrected chi connectivity index (χ2v) is 5.49. The van der Waals surface area contributed by atoms with E-state index in [1.165, 1.54) is 19.1 Å². The van der Waals surface area contributed by atoms with Crippen LogP contribution in [0.5, 0.6) is 5.75 Å². The Morgan fingerprint density at radius 2 is 2.00 bits per heavy atom. The van der Waals surface area contributed by atoms with Gasteiger partial charge in [-0.15, -0.1) is 0 Å². The van der Waals surface area contributed by atoms with E-state index in [-0.39, 0.29) is 19.0 Å². The molecule has 1 aliphatic rings. The van der Waals surface area contributed by atoms with E-state index in [1.54, 1.807) is 19.1 Å². The fourth-order valence-corrected chi connectivity index (χ4v) is 2.66. The third kappa shape index (κ3) is 3.84. The van der Waals surface area contributed by atoms with Crippen LogP contribution in [0.25, 0.3) is 0 Å². The number of nitrogens with one attached hydrogen (secondary N) is 1. The predicted octanol–water partition coefficient (Wildman–Crippen LogP) is 1.51. The van der Waals surface area contributed by atoms with Crippen LogP contribution >= 0.6 is 0 Å². The maximum Gasteiger partial charge on any atom is 0.406 e. The number of carbonyl (C=O) groups excluding carboxylic acids is 3. The normalized spacial score (nSPS) is 15.9. The van der Waals surface area contributed by atoms with E-state index in [4.69, 9.17) is 9.47 Å². The van der Waals surface area contributed by atoms with Gasteiger partial charge in [-0.1, -0.05) is 6.92 Å². The minimum atomic E-state index is -0.653. The van der Waals surface area contributed by atoms with Gasteiger partial charge in [0.15, 0.2) is 6.10 Å². The second kappa shape index (κ2) is 7.87. The van der Waals surface area contributed by atoms with E-state index in [9.17, 15) is 14.4 Å². The number of anilines is 1. The summed E-state index contributed by atoms with van der Waals surface area (Å²) in [5.41, 5.74) is 1.65. The van der Waals surface area contributed by atoms with Crippen molar-refractivity contribution in [2.75, 3.05) is 32.2 Å². The Balaban J connectivity index is 2.37. The summed E-state index contributed by atoms with van der Waals surface area (Å²) < 4.78 is 15.0. The number of carbonyl (C=O) groups is 3. The lowest BCUT2D eigenvalue weighted by Crippen LogP contribution is -2.47. The van der Waals surface area contributed by atoms with E-state index in [2.05, 4.69) is 10.1 Å². The zero-order valence-corrected chi connectivity index (χ0v) is 14.8. The molecule has 8 heteroatoms. The number of aryl methyl sites for hydroxylation is 1. The summed E-state index contributed by atoms with van der Waals surface area (Å²) in [4.78, 5) is 37.2. The van der Waals surface area contributed by atoms with Crippen molar-refractivity contribution < 1.29 is 28.6 Å². The van der Waals surface area contributed by atoms with E-state index in [0.717, 1.165) is 5.56 Å². The van der Waals surface area contributed by atoms with Gasteiger partial charge in [-0.2, -0.15) is 0 Å². The quantitative estimate of drug-likeness (QED) is 0.809. The first-order valence-electron chi connectivity index (χ1n) is 7.98. The van der Waals surface area contributed by atoms with Crippen molar-refractivity contribution in [1.82, 2.24) is 5.32 Å². The van der Waals surface area contributed by atoms with Gasteiger partial charge in [0.1, 0.15) is 5.75 Å². The molecule has 136 valence electrons. The molecule has 1 N–H and O–H groups in total. The lowest BCUT2D eigenvalue weighted by molar-refractivity contribution is -0.125. The third-order valence-corrected chi connectivity index (χ3v) is 3.97. The van der Waals surface area contributed by atoms with Crippen LogP contribution in [0.15, 0.2) is 12.1 Å². The largest absolute Gasteiger partial charge is 0.479 e. The summed E-state index contributed by atoms with van der Waals surface area (Å²) in [6.45, 7) is 4.00. The smallest absolute Gasteiger partial charge is 0.406 e. The molecule has 0 aromatic heterocycles. The lowest BCUT2D eigenvalue weighted by Gasteiger charge is -2.33. The summed E-state index contributed by atoms with van der Waals surface area (Å²) in [5.74, 6) is -0.202. The van der Waals surface area contributed by atoms with E-state index in [1.807, 2.05) is 6.92 Å². The molecule has 8 nitrogen and oxygen atoms in total. The van der Waals surface area contributed by atoms with Gasteiger partial charge in [0.2, 0.25) is 0 Å². The minimum Gasteiger partial charge on any atom is -0.479 e. The van der Waals surface area contributed by atoms with Gasteiger partial charge in [-0.3, -0.25) is 4.79 Å². The fraction of sp³-hybridized carbons (Fsp3) is 0.471. The second-order valence-electron chi connectivity index (χ2n) is 5.49. The van der Waals surface area contributed by atoms with Crippen LogP contribution in [0, 0.1) is 0 Å². The van der Waals surface area contributed by atoms with Crippen LogP contribution in [-0.4, -0.2) is 51.4 Å². The summed E-state index contributed by atoms with van der Waals surface area (Å²) in [7, 11) is 2.57. The molecule has 0 aliphatic carbocycles. The molecule has 2 rings (SSSR count). The van der Waals surface area contributed by atoms with Crippen molar-refractivity contribution in [1.29, 1.82) is 0 Å². The molecule has 0 bridgehead atoms. The zero-order chi connectivity index (χ0) is 18.6. The molecule has 0 spiro atoms. The van der Waals surface area contributed by atoms with Gasteiger partial charge >= 0.3 is 12.1 Å². The van der Waals surface area contributed by atoms with Crippen LogP contribution in [0.1, 0.15) is 29.8 Å². The maximum absolute atomic E-state index is 12.5. The number of nitrogens with zero attached hydrogens (tertiary/aromatic N) is 1. The van der Waals surface area contributed by atoms with Crippen LogP contribution in [0.2, 0.25) is 0 Å². The summed E-state index contributed by atoms with van der Waals surface area (Å²) in [6.07, 6.45) is -0.613. The number of rotatable bonds is 5. The standard InChI is InChI=1S/C17H22N2O6/c1-5-11-8-14-13(9-12(11)16(21)23-3)19(15(20)10(2)25-14)7-6-18-17(22)24-4/h8-10H,5-7H2,1-4H3,(H,18,22)/t10-/m1/s1. The highest BCUT2D eigenvalue weighted by atomic mass is 16.5. The topological polar surface area (TPSA) is 94.2 Å². The molecule has 25 heavy (non-hydrogen) atoms. The minimum absolute atomic E-state index is 0.202. The number of esters is 1. The number of hydrogen-bond acceptors (Lipinski definition) is 6. The maximum atomic E-state index is 12.5. The molecule has 1 heterocycles. The number of benzene rings is 1. The third-order valence-electron chi connectivity index (χ3n) is 3.97. The van der Waals surface area contributed by atoms with Gasteiger partial charge in [0.25, 0.3) is 5.91 Å².